The summed E-state index contributed by atoms with van der Waals surface area (Å²) in [6.45, 7) is -0.309. The molecule has 0 unspecified atom stereocenters. The maximum absolute atomic E-state index is 12.7. The molecular weight excluding hydrogens is 462 g/mol. The van der Waals surface area contributed by atoms with Crippen molar-refractivity contribution in [3.05, 3.63) is 63.0 Å². The average molecular weight is 478 g/mol. The van der Waals surface area contributed by atoms with E-state index in [1.165, 1.54) is 12.0 Å². The maximum atomic E-state index is 12.7. The summed E-state index contributed by atoms with van der Waals surface area (Å²) in [5.74, 6) is -0.872. The van der Waals surface area contributed by atoms with Crippen molar-refractivity contribution in [2.75, 3.05) is 13.7 Å². The van der Waals surface area contributed by atoms with E-state index in [9.17, 15) is 14.4 Å². The number of hydrogen-bond acceptors (Lipinski definition) is 6. The molecule has 1 heterocycles. The Labute approximate surface area is 179 Å². The van der Waals surface area contributed by atoms with Crippen molar-refractivity contribution in [1.82, 2.24) is 4.90 Å². The van der Waals surface area contributed by atoms with E-state index in [2.05, 4.69) is 15.9 Å². The summed E-state index contributed by atoms with van der Waals surface area (Å²) >= 11 is 4.25. The zero-order chi connectivity index (χ0) is 21.0. The Bertz CT molecular complexity index is 1010. The average Bonchev–Trinajstić information content (AvgIpc) is 2.94. The number of nitrogens with zero attached hydrogens (tertiary/aromatic N) is 1. The summed E-state index contributed by atoms with van der Waals surface area (Å²) in [4.78, 5) is 37.2. The number of carbonyl (C=O) groups is 3. The largest absolute Gasteiger partial charge is 0.493 e. The quantitative estimate of drug-likeness (QED) is 0.598. The molecule has 1 N–H and O–H groups in total. The Kier molecular flexibility index (Phi) is 6.60. The van der Waals surface area contributed by atoms with Crippen LogP contribution in [0.1, 0.15) is 11.1 Å². The highest BCUT2D eigenvalue weighted by Crippen LogP contribution is 2.35. The standard InChI is InChI=1S/C20H16BrNO6S/c1-27-16-8-12(5-6-15(16)28-11-18(23)24)9-17-19(25)22(20(26)29-17)10-13-3-2-4-14(21)7-13/h2-9H,10-11H2,1H3,(H,23,24)/b17-9+. The second-order valence-electron chi connectivity index (χ2n) is 5.99. The van der Waals surface area contributed by atoms with Gasteiger partial charge in [0.25, 0.3) is 11.1 Å². The highest BCUT2D eigenvalue weighted by molar-refractivity contribution is 9.10. The van der Waals surface area contributed by atoms with Crippen molar-refractivity contribution in [2.45, 2.75) is 6.54 Å². The third-order valence-electron chi connectivity index (χ3n) is 3.94. The first-order chi connectivity index (χ1) is 13.9. The lowest BCUT2D eigenvalue weighted by atomic mass is 10.1. The molecule has 150 valence electrons. The minimum atomic E-state index is -1.10. The van der Waals surface area contributed by atoms with Crippen LogP contribution in [-0.2, 0) is 16.1 Å². The van der Waals surface area contributed by atoms with Crippen molar-refractivity contribution in [3.63, 3.8) is 0 Å². The summed E-state index contributed by atoms with van der Waals surface area (Å²) in [7, 11) is 1.43. The zero-order valence-electron chi connectivity index (χ0n) is 15.3. The van der Waals surface area contributed by atoms with Crippen LogP contribution >= 0.6 is 27.7 Å². The second kappa shape index (κ2) is 9.15. The maximum Gasteiger partial charge on any atom is 0.341 e. The van der Waals surface area contributed by atoms with Gasteiger partial charge in [-0.2, -0.15) is 0 Å². The molecule has 1 aliphatic rings. The van der Waals surface area contributed by atoms with E-state index >= 15 is 0 Å². The number of imide groups is 1. The number of benzene rings is 2. The Morgan fingerprint density at radius 2 is 2.00 bits per heavy atom. The van der Waals surface area contributed by atoms with E-state index in [1.807, 2.05) is 24.3 Å². The molecule has 0 saturated carbocycles. The summed E-state index contributed by atoms with van der Waals surface area (Å²) < 4.78 is 11.3. The topological polar surface area (TPSA) is 93.1 Å². The fourth-order valence-corrected chi connectivity index (χ4v) is 3.92. The highest BCUT2D eigenvalue weighted by atomic mass is 79.9. The number of aliphatic carboxylic acids is 1. The van der Waals surface area contributed by atoms with E-state index in [0.29, 0.717) is 16.2 Å². The Balaban J connectivity index is 1.79. The lowest BCUT2D eigenvalue weighted by Crippen LogP contribution is -2.27. The van der Waals surface area contributed by atoms with Crippen LogP contribution in [0, 0.1) is 0 Å². The molecule has 7 nitrogen and oxygen atoms in total. The number of amides is 2. The number of methoxy groups -OCH3 is 1. The molecule has 1 aliphatic heterocycles. The van der Waals surface area contributed by atoms with E-state index in [1.54, 1.807) is 24.3 Å². The SMILES string of the molecule is COc1cc(/C=C2/SC(=O)N(Cc3cccc(Br)c3)C2=O)ccc1OCC(=O)O. The molecule has 2 aromatic rings. The normalized spacial score (nSPS) is 15.1. The van der Waals surface area contributed by atoms with Crippen LogP contribution < -0.4 is 9.47 Å². The molecule has 0 radical (unpaired) electrons. The van der Waals surface area contributed by atoms with Crippen molar-refractivity contribution in [2.24, 2.45) is 0 Å². The number of thioether (sulfide) groups is 1. The van der Waals surface area contributed by atoms with Gasteiger partial charge in [-0.25, -0.2) is 4.79 Å². The number of carbonyl (C=O) groups excluding carboxylic acids is 2. The third kappa shape index (κ3) is 5.18. The van der Waals surface area contributed by atoms with Gasteiger partial charge in [0.15, 0.2) is 18.1 Å². The van der Waals surface area contributed by atoms with Crippen molar-refractivity contribution in [3.8, 4) is 11.5 Å². The zero-order valence-corrected chi connectivity index (χ0v) is 17.7. The first-order valence-electron chi connectivity index (χ1n) is 8.40. The molecule has 29 heavy (non-hydrogen) atoms. The molecule has 3 rings (SSSR count). The fourth-order valence-electron chi connectivity index (χ4n) is 2.64. The molecule has 2 amide bonds. The number of halogens is 1. The van der Waals surface area contributed by atoms with Crippen molar-refractivity contribution in [1.29, 1.82) is 0 Å². The van der Waals surface area contributed by atoms with E-state index in [-0.39, 0.29) is 23.4 Å². The molecule has 1 saturated heterocycles. The number of carboxylic acids is 1. The predicted octanol–water partition coefficient (Wildman–Crippen LogP) is 4.16. The number of rotatable bonds is 7. The summed E-state index contributed by atoms with van der Waals surface area (Å²) in [6.07, 6.45) is 1.59. The second-order valence-corrected chi connectivity index (χ2v) is 7.90. The van der Waals surface area contributed by atoms with Gasteiger partial charge in [0.05, 0.1) is 18.6 Å². The van der Waals surface area contributed by atoms with Gasteiger partial charge in [-0.1, -0.05) is 34.1 Å². The minimum absolute atomic E-state index is 0.187. The first-order valence-corrected chi connectivity index (χ1v) is 10.0. The smallest absolute Gasteiger partial charge is 0.341 e. The molecule has 0 spiro atoms. The minimum Gasteiger partial charge on any atom is -0.493 e. The van der Waals surface area contributed by atoms with Gasteiger partial charge in [-0.3, -0.25) is 14.5 Å². The van der Waals surface area contributed by atoms with Crippen LogP contribution in [0.25, 0.3) is 6.08 Å². The van der Waals surface area contributed by atoms with Crippen molar-refractivity contribution >= 4 is 50.9 Å². The van der Waals surface area contributed by atoms with Gasteiger partial charge in [0, 0.05) is 4.47 Å². The van der Waals surface area contributed by atoms with Gasteiger partial charge in [0.1, 0.15) is 0 Å². The first kappa shape index (κ1) is 20.9. The summed E-state index contributed by atoms with van der Waals surface area (Å²) in [5.41, 5.74) is 1.46. The van der Waals surface area contributed by atoms with Gasteiger partial charge >= 0.3 is 5.97 Å². The molecule has 2 aromatic carbocycles. The van der Waals surface area contributed by atoms with E-state index in [0.717, 1.165) is 21.8 Å². The van der Waals surface area contributed by atoms with Gasteiger partial charge < -0.3 is 14.6 Å². The Morgan fingerprint density at radius 3 is 2.69 bits per heavy atom. The van der Waals surface area contributed by atoms with Crippen LogP contribution in [0.3, 0.4) is 0 Å². The Hall–Kier alpha value is -2.78. The van der Waals surface area contributed by atoms with Gasteiger partial charge in [-0.05, 0) is 53.2 Å². The molecular formula is C20H16BrNO6S. The van der Waals surface area contributed by atoms with Gasteiger partial charge in [-0.15, -0.1) is 0 Å². The predicted molar refractivity (Wildman–Crippen MR) is 112 cm³/mol. The monoisotopic (exact) mass is 477 g/mol. The van der Waals surface area contributed by atoms with Crippen LogP contribution in [-0.4, -0.2) is 40.8 Å². The molecule has 1 fully saturated rings. The van der Waals surface area contributed by atoms with Crippen molar-refractivity contribution < 1.29 is 29.0 Å². The molecule has 0 aliphatic carbocycles. The van der Waals surface area contributed by atoms with Crippen LogP contribution in [0.15, 0.2) is 51.8 Å². The molecule has 9 heteroatoms. The van der Waals surface area contributed by atoms with Crippen LogP contribution in [0.5, 0.6) is 11.5 Å². The van der Waals surface area contributed by atoms with E-state index < -0.39 is 12.6 Å². The lowest BCUT2D eigenvalue weighted by molar-refractivity contribution is -0.139. The summed E-state index contributed by atoms with van der Waals surface area (Å²) in [5, 5.41) is 8.39. The highest BCUT2D eigenvalue weighted by Gasteiger charge is 2.35. The Morgan fingerprint density at radius 1 is 1.21 bits per heavy atom. The van der Waals surface area contributed by atoms with E-state index in [4.69, 9.17) is 14.6 Å². The fraction of sp³-hybridized carbons (Fsp3) is 0.150. The molecule has 0 bridgehead atoms. The van der Waals surface area contributed by atoms with Crippen LogP contribution in [0.4, 0.5) is 4.79 Å². The number of carboxylic acid groups (broad SMARTS) is 1. The lowest BCUT2D eigenvalue weighted by Gasteiger charge is -2.12. The third-order valence-corrected chi connectivity index (χ3v) is 5.34. The summed E-state index contributed by atoms with van der Waals surface area (Å²) in [6, 6.07) is 12.2. The van der Waals surface area contributed by atoms with Gasteiger partial charge in [0.2, 0.25) is 0 Å². The molecule has 0 aromatic heterocycles. The number of hydrogen-bond donors (Lipinski definition) is 1. The molecule has 0 atom stereocenters. The van der Waals surface area contributed by atoms with Crippen LogP contribution in [0.2, 0.25) is 0 Å². The number of ether oxygens (including phenoxy) is 2.